The number of nitrogens with zero attached hydrogens (tertiary/aromatic N) is 1. The van der Waals surface area contributed by atoms with Crippen LogP contribution in [0.1, 0.15) is 32.6 Å². The van der Waals surface area contributed by atoms with E-state index in [-0.39, 0.29) is 5.54 Å². The summed E-state index contributed by atoms with van der Waals surface area (Å²) in [5.74, 6) is 1.85. The molecule has 1 saturated carbocycles. The van der Waals surface area contributed by atoms with Crippen LogP contribution >= 0.6 is 0 Å². The van der Waals surface area contributed by atoms with Crippen molar-refractivity contribution >= 4 is 16.6 Å². The van der Waals surface area contributed by atoms with Gasteiger partial charge < -0.3 is 10.1 Å². The van der Waals surface area contributed by atoms with Gasteiger partial charge >= 0.3 is 0 Å². The third-order valence-electron chi connectivity index (χ3n) is 4.10. The van der Waals surface area contributed by atoms with Gasteiger partial charge in [-0.2, -0.15) is 0 Å². The Labute approximate surface area is 114 Å². The second-order valence-corrected chi connectivity index (χ2v) is 5.64. The number of benzene rings is 1. The van der Waals surface area contributed by atoms with Crippen LogP contribution in [0.5, 0.6) is 5.75 Å². The summed E-state index contributed by atoms with van der Waals surface area (Å²) in [4.78, 5) is 4.52. The van der Waals surface area contributed by atoms with Gasteiger partial charge in [0.05, 0.1) is 7.11 Å². The summed E-state index contributed by atoms with van der Waals surface area (Å²) in [6.07, 6.45) is 6.91. The van der Waals surface area contributed by atoms with Crippen molar-refractivity contribution in [3.05, 3.63) is 30.5 Å². The molecule has 0 atom stereocenters. The molecule has 100 valence electrons. The van der Waals surface area contributed by atoms with Gasteiger partial charge in [0.25, 0.3) is 0 Å². The highest BCUT2D eigenvalue weighted by Crippen LogP contribution is 2.34. The molecule has 0 aliphatic heterocycles. The number of hydrogen-bond acceptors (Lipinski definition) is 3. The number of hydrogen-bond donors (Lipinski definition) is 1. The summed E-state index contributed by atoms with van der Waals surface area (Å²) in [5, 5.41) is 5.97. The molecule has 0 amide bonds. The fraction of sp³-hybridized carbons (Fsp3) is 0.438. The van der Waals surface area contributed by atoms with Crippen LogP contribution in [0.15, 0.2) is 30.5 Å². The van der Waals surface area contributed by atoms with Gasteiger partial charge in [-0.3, -0.25) is 0 Å². The van der Waals surface area contributed by atoms with Gasteiger partial charge in [0.1, 0.15) is 11.6 Å². The lowest BCUT2D eigenvalue weighted by molar-refractivity contribution is 0.415. The third kappa shape index (κ3) is 2.37. The van der Waals surface area contributed by atoms with E-state index in [0.717, 1.165) is 17.0 Å². The monoisotopic (exact) mass is 256 g/mol. The summed E-state index contributed by atoms with van der Waals surface area (Å²) in [5.41, 5.74) is 0.185. The van der Waals surface area contributed by atoms with Crippen molar-refractivity contribution in [2.45, 2.75) is 38.1 Å². The van der Waals surface area contributed by atoms with Crippen LogP contribution in [-0.4, -0.2) is 17.6 Å². The van der Waals surface area contributed by atoms with Crippen molar-refractivity contribution in [1.82, 2.24) is 4.98 Å². The molecular formula is C16H20N2O. The van der Waals surface area contributed by atoms with Crippen molar-refractivity contribution in [2.75, 3.05) is 12.4 Å². The Kier molecular flexibility index (Phi) is 3.05. The molecule has 3 nitrogen and oxygen atoms in total. The maximum atomic E-state index is 5.32. The molecule has 1 N–H and O–H groups in total. The molecule has 1 heterocycles. The zero-order valence-corrected chi connectivity index (χ0v) is 11.6. The number of pyridine rings is 1. The van der Waals surface area contributed by atoms with E-state index in [2.05, 4.69) is 29.4 Å². The Morgan fingerprint density at radius 1 is 1.21 bits per heavy atom. The standard InChI is InChI=1S/C16H20N2O/c1-16(8-3-4-9-16)18-15-14-11-13(19-2)6-5-12(14)7-10-17-15/h5-7,10-11H,3-4,8-9H2,1-2H3,(H,17,18). The lowest BCUT2D eigenvalue weighted by atomic mass is 10.0. The molecule has 0 bridgehead atoms. The highest BCUT2D eigenvalue weighted by molar-refractivity contribution is 5.93. The summed E-state index contributed by atoms with van der Waals surface area (Å²) in [6, 6.07) is 8.17. The molecule has 1 aromatic heterocycles. The van der Waals surface area contributed by atoms with Crippen LogP contribution in [0.3, 0.4) is 0 Å². The van der Waals surface area contributed by atoms with Crippen LogP contribution in [0.25, 0.3) is 10.8 Å². The Bertz CT molecular complexity index is 588. The maximum absolute atomic E-state index is 5.32. The van der Waals surface area contributed by atoms with Crippen molar-refractivity contribution in [3.8, 4) is 5.75 Å². The largest absolute Gasteiger partial charge is 0.497 e. The average molecular weight is 256 g/mol. The highest BCUT2D eigenvalue weighted by atomic mass is 16.5. The molecule has 0 unspecified atom stereocenters. The number of nitrogens with one attached hydrogen (secondary N) is 1. The molecule has 1 aliphatic rings. The highest BCUT2D eigenvalue weighted by Gasteiger charge is 2.29. The predicted molar refractivity (Wildman–Crippen MR) is 78.8 cm³/mol. The zero-order chi connectivity index (χ0) is 13.3. The van der Waals surface area contributed by atoms with Crippen molar-refractivity contribution in [1.29, 1.82) is 0 Å². The van der Waals surface area contributed by atoms with Crippen molar-refractivity contribution in [2.24, 2.45) is 0 Å². The van der Waals surface area contributed by atoms with E-state index in [1.807, 2.05) is 18.3 Å². The van der Waals surface area contributed by atoms with Crippen LogP contribution in [0.4, 0.5) is 5.82 Å². The van der Waals surface area contributed by atoms with Gasteiger partial charge in [-0.05, 0) is 43.4 Å². The first-order valence-electron chi connectivity index (χ1n) is 6.91. The molecule has 1 aliphatic carbocycles. The first-order chi connectivity index (χ1) is 9.20. The predicted octanol–water partition coefficient (Wildman–Crippen LogP) is 3.99. The minimum absolute atomic E-state index is 0.185. The lowest BCUT2D eigenvalue weighted by Crippen LogP contribution is -2.31. The minimum Gasteiger partial charge on any atom is -0.497 e. The van der Waals surface area contributed by atoms with Crippen LogP contribution < -0.4 is 10.1 Å². The van der Waals surface area contributed by atoms with E-state index in [1.165, 1.54) is 31.1 Å². The van der Waals surface area contributed by atoms with Crippen molar-refractivity contribution in [3.63, 3.8) is 0 Å². The number of aromatic nitrogens is 1. The first kappa shape index (κ1) is 12.3. The van der Waals surface area contributed by atoms with E-state index < -0.39 is 0 Å². The normalized spacial score (nSPS) is 17.6. The fourth-order valence-electron chi connectivity index (χ4n) is 2.94. The zero-order valence-electron chi connectivity index (χ0n) is 11.6. The molecule has 0 spiro atoms. The van der Waals surface area contributed by atoms with E-state index in [4.69, 9.17) is 4.74 Å². The van der Waals surface area contributed by atoms with Crippen LogP contribution in [-0.2, 0) is 0 Å². The number of fused-ring (bicyclic) bond motifs is 1. The minimum atomic E-state index is 0.185. The second kappa shape index (κ2) is 4.72. The Morgan fingerprint density at radius 3 is 2.74 bits per heavy atom. The first-order valence-corrected chi connectivity index (χ1v) is 6.91. The van der Waals surface area contributed by atoms with E-state index in [1.54, 1.807) is 7.11 Å². The van der Waals surface area contributed by atoms with Gasteiger partial charge in [0, 0.05) is 17.1 Å². The molecule has 0 saturated heterocycles. The molecule has 1 aromatic carbocycles. The molecular weight excluding hydrogens is 236 g/mol. The molecule has 2 aromatic rings. The van der Waals surface area contributed by atoms with E-state index >= 15 is 0 Å². The Morgan fingerprint density at radius 2 is 2.00 bits per heavy atom. The summed E-state index contributed by atoms with van der Waals surface area (Å²) in [6.45, 7) is 2.29. The molecule has 3 rings (SSSR count). The van der Waals surface area contributed by atoms with Gasteiger partial charge in [0.15, 0.2) is 0 Å². The van der Waals surface area contributed by atoms with Crippen LogP contribution in [0.2, 0.25) is 0 Å². The smallest absolute Gasteiger partial charge is 0.134 e. The van der Waals surface area contributed by atoms with Gasteiger partial charge in [-0.25, -0.2) is 4.98 Å². The Balaban J connectivity index is 2.02. The van der Waals surface area contributed by atoms with Gasteiger partial charge in [0.2, 0.25) is 0 Å². The lowest BCUT2D eigenvalue weighted by Gasteiger charge is -2.26. The molecule has 0 radical (unpaired) electrons. The maximum Gasteiger partial charge on any atom is 0.134 e. The van der Waals surface area contributed by atoms with Crippen LogP contribution in [0, 0.1) is 0 Å². The summed E-state index contributed by atoms with van der Waals surface area (Å²) < 4.78 is 5.32. The number of anilines is 1. The summed E-state index contributed by atoms with van der Waals surface area (Å²) in [7, 11) is 1.70. The van der Waals surface area contributed by atoms with Crippen molar-refractivity contribution < 1.29 is 4.74 Å². The SMILES string of the molecule is COc1ccc2ccnc(NC3(C)CCCC3)c2c1. The molecule has 19 heavy (non-hydrogen) atoms. The number of ether oxygens (including phenoxy) is 1. The van der Waals surface area contributed by atoms with Gasteiger partial charge in [-0.1, -0.05) is 18.9 Å². The summed E-state index contributed by atoms with van der Waals surface area (Å²) >= 11 is 0. The molecule has 1 fully saturated rings. The van der Waals surface area contributed by atoms with Gasteiger partial charge in [-0.15, -0.1) is 0 Å². The number of methoxy groups -OCH3 is 1. The van der Waals surface area contributed by atoms with E-state index in [0.29, 0.717) is 0 Å². The Hall–Kier alpha value is -1.77. The topological polar surface area (TPSA) is 34.1 Å². The third-order valence-corrected chi connectivity index (χ3v) is 4.10. The number of rotatable bonds is 3. The average Bonchev–Trinajstić information content (AvgIpc) is 2.85. The van der Waals surface area contributed by atoms with E-state index in [9.17, 15) is 0 Å². The fourth-order valence-corrected chi connectivity index (χ4v) is 2.94. The second-order valence-electron chi connectivity index (χ2n) is 5.64. The molecule has 3 heteroatoms. The quantitative estimate of drug-likeness (QED) is 0.901.